The number of hydrogen-bond donors (Lipinski definition) is 1. The van der Waals surface area contributed by atoms with E-state index < -0.39 is 5.97 Å². The van der Waals surface area contributed by atoms with Gasteiger partial charge < -0.3 is 14.7 Å². The summed E-state index contributed by atoms with van der Waals surface area (Å²) in [6.45, 7) is 0. The van der Waals surface area contributed by atoms with E-state index in [4.69, 9.17) is 4.74 Å². The zero-order valence-corrected chi connectivity index (χ0v) is 12.7. The lowest BCUT2D eigenvalue weighted by molar-refractivity contribution is 0.0694. The molecule has 2 aromatic rings. The molecule has 0 saturated carbocycles. The molecule has 0 unspecified atom stereocenters. The fourth-order valence-corrected chi connectivity index (χ4v) is 2.07. The number of nitrogens with zero attached hydrogens (tertiary/aromatic N) is 1. The van der Waals surface area contributed by atoms with Crippen LogP contribution >= 0.6 is 15.9 Å². The first-order chi connectivity index (χ1) is 9.47. The summed E-state index contributed by atoms with van der Waals surface area (Å²) in [6.07, 6.45) is 0. The van der Waals surface area contributed by atoms with Gasteiger partial charge >= 0.3 is 5.97 Å². The Bertz CT molecular complexity index is 641. The lowest BCUT2D eigenvalue weighted by Crippen LogP contribution is -2.08. The lowest BCUT2D eigenvalue weighted by atomic mass is 10.2. The standard InChI is InChI=1S/C15H14BrNO3/c1-17(2)11-4-3-5-12(9-11)20-14-7-6-10(16)8-13(14)15(18)19/h3-9H,1-2H3,(H,18,19). The monoisotopic (exact) mass is 335 g/mol. The van der Waals surface area contributed by atoms with Crippen molar-refractivity contribution in [2.75, 3.05) is 19.0 Å². The lowest BCUT2D eigenvalue weighted by Gasteiger charge is -2.14. The van der Waals surface area contributed by atoms with E-state index in [1.807, 2.05) is 37.2 Å². The molecule has 2 aromatic carbocycles. The Labute approximate surface area is 125 Å². The van der Waals surface area contributed by atoms with Crippen molar-refractivity contribution in [2.24, 2.45) is 0 Å². The summed E-state index contributed by atoms with van der Waals surface area (Å²) < 4.78 is 6.39. The molecule has 0 aliphatic heterocycles. The van der Waals surface area contributed by atoms with Crippen LogP contribution in [0.25, 0.3) is 0 Å². The van der Waals surface area contributed by atoms with E-state index >= 15 is 0 Å². The van der Waals surface area contributed by atoms with Crippen molar-refractivity contribution in [1.29, 1.82) is 0 Å². The van der Waals surface area contributed by atoms with Crippen LogP contribution < -0.4 is 9.64 Å². The van der Waals surface area contributed by atoms with Crippen LogP contribution in [-0.4, -0.2) is 25.2 Å². The van der Waals surface area contributed by atoms with E-state index in [0.717, 1.165) is 5.69 Å². The van der Waals surface area contributed by atoms with Crippen LogP contribution in [0, 0.1) is 0 Å². The fraction of sp³-hybridized carbons (Fsp3) is 0.133. The van der Waals surface area contributed by atoms with Gasteiger partial charge in [-0.2, -0.15) is 0 Å². The number of carboxylic acids is 1. The minimum absolute atomic E-state index is 0.120. The maximum Gasteiger partial charge on any atom is 0.339 e. The molecule has 0 aliphatic carbocycles. The molecule has 0 saturated heterocycles. The summed E-state index contributed by atoms with van der Waals surface area (Å²) in [7, 11) is 3.86. The highest BCUT2D eigenvalue weighted by Crippen LogP contribution is 2.29. The molecular weight excluding hydrogens is 322 g/mol. The van der Waals surface area contributed by atoms with Crippen LogP contribution in [-0.2, 0) is 0 Å². The molecule has 0 spiro atoms. The SMILES string of the molecule is CN(C)c1cccc(Oc2ccc(Br)cc2C(=O)O)c1. The Balaban J connectivity index is 2.35. The summed E-state index contributed by atoms with van der Waals surface area (Å²) in [5.41, 5.74) is 1.10. The summed E-state index contributed by atoms with van der Waals surface area (Å²) in [4.78, 5) is 13.2. The predicted molar refractivity (Wildman–Crippen MR) is 81.9 cm³/mol. The molecule has 0 aromatic heterocycles. The van der Waals surface area contributed by atoms with Gasteiger partial charge in [0.15, 0.2) is 0 Å². The second-order valence-corrected chi connectivity index (χ2v) is 5.36. The molecule has 104 valence electrons. The molecule has 2 rings (SSSR count). The van der Waals surface area contributed by atoms with Gasteiger partial charge in [0, 0.05) is 30.3 Å². The molecular formula is C15H14BrNO3. The van der Waals surface area contributed by atoms with Gasteiger partial charge in [-0.3, -0.25) is 0 Å². The number of ether oxygens (including phenoxy) is 1. The average molecular weight is 336 g/mol. The molecule has 0 fully saturated rings. The zero-order chi connectivity index (χ0) is 14.7. The number of carboxylic acid groups (broad SMARTS) is 1. The number of carbonyl (C=O) groups is 1. The quantitative estimate of drug-likeness (QED) is 0.917. The molecule has 0 heterocycles. The maximum absolute atomic E-state index is 11.2. The first kappa shape index (κ1) is 14.4. The van der Waals surface area contributed by atoms with Crippen molar-refractivity contribution in [3.63, 3.8) is 0 Å². The summed E-state index contributed by atoms with van der Waals surface area (Å²) in [5.74, 6) is -0.109. The van der Waals surface area contributed by atoms with E-state index in [0.29, 0.717) is 16.0 Å². The third-order valence-electron chi connectivity index (χ3n) is 2.73. The molecule has 20 heavy (non-hydrogen) atoms. The van der Waals surface area contributed by atoms with Crippen molar-refractivity contribution in [3.05, 3.63) is 52.5 Å². The van der Waals surface area contributed by atoms with Crippen LogP contribution in [0.2, 0.25) is 0 Å². The van der Waals surface area contributed by atoms with E-state index in [1.54, 1.807) is 18.2 Å². The Hall–Kier alpha value is -2.01. The molecule has 0 aliphatic rings. The Morgan fingerprint density at radius 2 is 1.95 bits per heavy atom. The highest BCUT2D eigenvalue weighted by molar-refractivity contribution is 9.10. The maximum atomic E-state index is 11.2. The normalized spacial score (nSPS) is 10.2. The Morgan fingerprint density at radius 3 is 2.60 bits per heavy atom. The average Bonchev–Trinajstić information content (AvgIpc) is 2.41. The van der Waals surface area contributed by atoms with Crippen molar-refractivity contribution in [2.45, 2.75) is 0 Å². The van der Waals surface area contributed by atoms with Crippen LogP contribution in [0.1, 0.15) is 10.4 Å². The zero-order valence-electron chi connectivity index (χ0n) is 11.1. The number of aromatic carboxylic acids is 1. The van der Waals surface area contributed by atoms with Gasteiger partial charge in [-0.25, -0.2) is 4.79 Å². The van der Waals surface area contributed by atoms with E-state index in [-0.39, 0.29) is 5.56 Å². The molecule has 0 amide bonds. The van der Waals surface area contributed by atoms with Gasteiger partial charge in [-0.15, -0.1) is 0 Å². The number of hydrogen-bond acceptors (Lipinski definition) is 3. The van der Waals surface area contributed by atoms with Crippen molar-refractivity contribution >= 4 is 27.6 Å². The van der Waals surface area contributed by atoms with Crippen molar-refractivity contribution in [3.8, 4) is 11.5 Å². The number of anilines is 1. The van der Waals surface area contributed by atoms with E-state index in [2.05, 4.69) is 15.9 Å². The van der Waals surface area contributed by atoms with Gasteiger partial charge in [0.2, 0.25) is 0 Å². The first-order valence-corrected chi connectivity index (χ1v) is 6.75. The van der Waals surface area contributed by atoms with Crippen LogP contribution in [0.5, 0.6) is 11.5 Å². The van der Waals surface area contributed by atoms with Crippen molar-refractivity contribution in [1.82, 2.24) is 0 Å². The van der Waals surface area contributed by atoms with Crippen molar-refractivity contribution < 1.29 is 14.6 Å². The van der Waals surface area contributed by atoms with Gasteiger partial charge in [-0.05, 0) is 30.3 Å². The second-order valence-electron chi connectivity index (χ2n) is 4.44. The molecule has 0 radical (unpaired) electrons. The third kappa shape index (κ3) is 3.30. The number of halogens is 1. The highest BCUT2D eigenvalue weighted by atomic mass is 79.9. The minimum atomic E-state index is -1.02. The summed E-state index contributed by atoms with van der Waals surface area (Å²) in [6, 6.07) is 12.4. The second kappa shape index (κ2) is 5.96. The molecule has 5 heteroatoms. The first-order valence-electron chi connectivity index (χ1n) is 5.95. The van der Waals surface area contributed by atoms with Crippen LogP contribution in [0.3, 0.4) is 0 Å². The largest absolute Gasteiger partial charge is 0.478 e. The topological polar surface area (TPSA) is 49.8 Å². The molecule has 1 N–H and O–H groups in total. The summed E-state index contributed by atoms with van der Waals surface area (Å²) >= 11 is 3.26. The fourth-order valence-electron chi connectivity index (χ4n) is 1.71. The molecule has 0 bridgehead atoms. The number of rotatable bonds is 4. The molecule has 4 nitrogen and oxygen atoms in total. The van der Waals surface area contributed by atoms with Gasteiger partial charge in [0.25, 0.3) is 0 Å². The van der Waals surface area contributed by atoms with E-state index in [1.165, 1.54) is 6.07 Å². The Kier molecular flexibility index (Phi) is 4.29. The van der Waals surface area contributed by atoms with Crippen LogP contribution in [0.4, 0.5) is 5.69 Å². The highest BCUT2D eigenvalue weighted by Gasteiger charge is 2.13. The van der Waals surface area contributed by atoms with Gasteiger partial charge in [0.05, 0.1) is 0 Å². The van der Waals surface area contributed by atoms with Crippen LogP contribution in [0.15, 0.2) is 46.9 Å². The molecule has 0 atom stereocenters. The smallest absolute Gasteiger partial charge is 0.339 e. The third-order valence-corrected chi connectivity index (χ3v) is 3.23. The minimum Gasteiger partial charge on any atom is -0.478 e. The predicted octanol–water partition coefficient (Wildman–Crippen LogP) is 4.01. The van der Waals surface area contributed by atoms with Gasteiger partial charge in [0.1, 0.15) is 17.1 Å². The van der Waals surface area contributed by atoms with E-state index in [9.17, 15) is 9.90 Å². The number of benzene rings is 2. The Morgan fingerprint density at radius 1 is 1.20 bits per heavy atom. The van der Waals surface area contributed by atoms with Gasteiger partial charge in [-0.1, -0.05) is 22.0 Å². The summed E-state index contributed by atoms with van der Waals surface area (Å²) in [5, 5.41) is 9.20.